The predicted molar refractivity (Wildman–Crippen MR) is 69.3 cm³/mol. The Balaban J connectivity index is 0.00000144. The zero-order valence-corrected chi connectivity index (χ0v) is 10.8. The summed E-state index contributed by atoms with van der Waals surface area (Å²) < 4.78 is 4.62. The number of hydrogen-bond donors (Lipinski definition) is 1. The molecular weight excluding hydrogens is 238 g/mol. The van der Waals surface area contributed by atoms with Crippen molar-refractivity contribution >= 4 is 18.4 Å². The van der Waals surface area contributed by atoms with Gasteiger partial charge in [-0.25, -0.2) is 0 Å². The van der Waals surface area contributed by atoms with Gasteiger partial charge in [0.05, 0.1) is 13.5 Å². The molecule has 0 aliphatic heterocycles. The van der Waals surface area contributed by atoms with Gasteiger partial charge in [-0.15, -0.1) is 12.4 Å². The first kappa shape index (κ1) is 14.0. The fourth-order valence-electron chi connectivity index (χ4n) is 2.20. The van der Waals surface area contributed by atoms with Crippen LogP contribution < -0.4 is 5.73 Å². The molecule has 1 atom stereocenters. The van der Waals surface area contributed by atoms with Crippen LogP contribution in [0, 0.1) is 0 Å². The summed E-state index contributed by atoms with van der Waals surface area (Å²) in [5.74, 6) is -0.256. The Morgan fingerprint density at radius 2 is 2.12 bits per heavy atom. The van der Waals surface area contributed by atoms with E-state index in [0.29, 0.717) is 0 Å². The fourth-order valence-corrected chi connectivity index (χ4v) is 2.20. The van der Waals surface area contributed by atoms with Crippen molar-refractivity contribution in [2.24, 2.45) is 5.73 Å². The van der Waals surface area contributed by atoms with E-state index >= 15 is 0 Å². The normalized spacial score (nSPS) is 14.7. The van der Waals surface area contributed by atoms with Gasteiger partial charge in [0.25, 0.3) is 0 Å². The zero-order chi connectivity index (χ0) is 11.5. The summed E-state index contributed by atoms with van der Waals surface area (Å²) in [6, 6.07) is 6.04. The quantitative estimate of drug-likeness (QED) is 0.842. The van der Waals surface area contributed by atoms with Crippen LogP contribution in [0.15, 0.2) is 18.2 Å². The Kier molecular flexibility index (Phi) is 4.97. The number of carbonyl (C=O) groups is 1. The van der Waals surface area contributed by atoms with E-state index in [-0.39, 0.29) is 30.8 Å². The second-order valence-corrected chi connectivity index (χ2v) is 4.27. The Morgan fingerprint density at radius 3 is 2.82 bits per heavy atom. The minimum absolute atomic E-state index is 0. The van der Waals surface area contributed by atoms with Crippen molar-refractivity contribution in [3.8, 4) is 0 Å². The number of fused-ring (bicyclic) bond motifs is 1. The van der Waals surface area contributed by atoms with Crippen LogP contribution in [0.25, 0.3) is 0 Å². The Bertz CT molecular complexity index is 406. The summed E-state index contributed by atoms with van der Waals surface area (Å²) >= 11 is 0. The highest BCUT2D eigenvalue weighted by molar-refractivity contribution is 5.85. The topological polar surface area (TPSA) is 52.3 Å². The molecule has 1 aromatic rings. The number of benzene rings is 1. The lowest BCUT2D eigenvalue weighted by molar-refractivity contribution is -0.141. The van der Waals surface area contributed by atoms with Gasteiger partial charge in [-0.2, -0.15) is 0 Å². The summed E-state index contributed by atoms with van der Waals surface area (Å²) in [5, 5.41) is 0. The molecule has 0 saturated heterocycles. The molecule has 1 unspecified atom stereocenters. The number of carbonyl (C=O) groups excluding carboxylic acids is 1. The van der Waals surface area contributed by atoms with E-state index in [1.165, 1.54) is 31.1 Å². The molecule has 0 spiro atoms. The van der Waals surface area contributed by atoms with Crippen molar-refractivity contribution in [2.75, 3.05) is 7.11 Å². The fraction of sp³-hybridized carbons (Fsp3) is 0.462. The van der Waals surface area contributed by atoms with Crippen LogP contribution in [0.3, 0.4) is 0 Å². The van der Waals surface area contributed by atoms with Gasteiger partial charge < -0.3 is 10.5 Å². The summed E-state index contributed by atoms with van der Waals surface area (Å²) in [6.07, 6.45) is 3.77. The molecule has 2 N–H and O–H groups in total. The third kappa shape index (κ3) is 3.20. The monoisotopic (exact) mass is 255 g/mol. The summed E-state index contributed by atoms with van der Waals surface area (Å²) in [4.78, 5) is 11.1. The number of methoxy groups -OCH3 is 1. The number of halogens is 1. The Morgan fingerprint density at radius 1 is 1.41 bits per heavy atom. The Labute approximate surface area is 108 Å². The van der Waals surface area contributed by atoms with Crippen LogP contribution in [-0.2, 0) is 22.4 Å². The summed E-state index contributed by atoms with van der Waals surface area (Å²) in [6.45, 7) is 0. The van der Waals surface area contributed by atoms with E-state index in [0.717, 1.165) is 12.0 Å². The van der Waals surface area contributed by atoms with Crippen LogP contribution in [0.5, 0.6) is 0 Å². The van der Waals surface area contributed by atoms with Crippen molar-refractivity contribution in [1.82, 2.24) is 0 Å². The maximum absolute atomic E-state index is 11.1. The van der Waals surface area contributed by atoms with Gasteiger partial charge in [0.15, 0.2) is 0 Å². The Hall–Kier alpha value is -1.06. The van der Waals surface area contributed by atoms with Crippen molar-refractivity contribution in [1.29, 1.82) is 0 Å². The van der Waals surface area contributed by atoms with Crippen molar-refractivity contribution < 1.29 is 9.53 Å². The molecule has 0 heterocycles. The molecule has 0 saturated carbocycles. The first-order chi connectivity index (χ1) is 7.70. The maximum atomic E-state index is 11.1. The van der Waals surface area contributed by atoms with Gasteiger partial charge in [0, 0.05) is 6.04 Å². The molecule has 0 aromatic heterocycles. The molecular formula is C13H18ClNO2. The summed E-state index contributed by atoms with van der Waals surface area (Å²) in [5.41, 5.74) is 9.81. The van der Waals surface area contributed by atoms with Crippen molar-refractivity contribution in [3.63, 3.8) is 0 Å². The predicted octanol–water partition coefficient (Wildman–Crippen LogP) is 2.16. The first-order valence-electron chi connectivity index (χ1n) is 5.65. The van der Waals surface area contributed by atoms with E-state index < -0.39 is 0 Å². The maximum Gasteiger partial charge on any atom is 0.307 e. The molecule has 0 amide bonds. The van der Waals surface area contributed by atoms with Crippen LogP contribution in [0.2, 0.25) is 0 Å². The highest BCUT2D eigenvalue weighted by Gasteiger charge is 2.15. The molecule has 3 nitrogen and oxygen atoms in total. The van der Waals surface area contributed by atoms with Gasteiger partial charge in [0.2, 0.25) is 0 Å². The van der Waals surface area contributed by atoms with Gasteiger partial charge in [-0.05, 0) is 36.0 Å². The molecule has 2 rings (SSSR count). The third-order valence-corrected chi connectivity index (χ3v) is 3.16. The van der Waals surface area contributed by atoms with Gasteiger partial charge in [-0.1, -0.05) is 18.2 Å². The average molecular weight is 256 g/mol. The smallest absolute Gasteiger partial charge is 0.307 e. The molecule has 1 aromatic carbocycles. The second-order valence-electron chi connectivity index (χ2n) is 4.27. The van der Waals surface area contributed by atoms with Crippen molar-refractivity contribution in [3.05, 3.63) is 34.9 Å². The first-order valence-corrected chi connectivity index (χ1v) is 5.65. The highest BCUT2D eigenvalue weighted by atomic mass is 35.5. The molecule has 1 aliphatic rings. The van der Waals surface area contributed by atoms with E-state index in [4.69, 9.17) is 5.73 Å². The molecule has 1 aliphatic carbocycles. The lowest BCUT2D eigenvalue weighted by Crippen LogP contribution is -2.16. The number of rotatable bonds is 3. The van der Waals surface area contributed by atoms with Gasteiger partial charge in [-0.3, -0.25) is 4.79 Å². The van der Waals surface area contributed by atoms with Crippen molar-refractivity contribution in [2.45, 2.75) is 31.7 Å². The van der Waals surface area contributed by atoms with Crippen LogP contribution in [-0.4, -0.2) is 13.1 Å². The molecule has 4 heteroatoms. The molecule has 0 radical (unpaired) electrons. The highest BCUT2D eigenvalue weighted by Crippen LogP contribution is 2.25. The van der Waals surface area contributed by atoms with Gasteiger partial charge >= 0.3 is 5.97 Å². The third-order valence-electron chi connectivity index (χ3n) is 3.16. The van der Waals surface area contributed by atoms with Crippen LogP contribution >= 0.6 is 12.4 Å². The standard InChI is InChI=1S/C13H17NO2.ClH/c1-16-13(15)8-12(14)11-6-5-9-3-2-4-10(9)7-11;/h5-7,12H,2-4,8,14H2,1H3;1H. The molecule has 0 bridgehead atoms. The molecule has 17 heavy (non-hydrogen) atoms. The average Bonchev–Trinajstić information content (AvgIpc) is 2.75. The van der Waals surface area contributed by atoms with E-state index in [2.05, 4.69) is 16.9 Å². The SMILES string of the molecule is COC(=O)CC(N)c1ccc2c(c1)CCC2.Cl. The van der Waals surface area contributed by atoms with Crippen LogP contribution in [0.4, 0.5) is 0 Å². The van der Waals surface area contributed by atoms with E-state index in [9.17, 15) is 4.79 Å². The lowest BCUT2D eigenvalue weighted by Gasteiger charge is -2.12. The minimum Gasteiger partial charge on any atom is -0.469 e. The number of aryl methyl sites for hydroxylation is 2. The second kappa shape index (κ2) is 6.03. The van der Waals surface area contributed by atoms with E-state index in [1.54, 1.807) is 0 Å². The number of hydrogen-bond acceptors (Lipinski definition) is 3. The van der Waals surface area contributed by atoms with Crippen LogP contribution in [0.1, 0.15) is 35.6 Å². The minimum atomic E-state index is -0.256. The number of ether oxygens (including phenoxy) is 1. The molecule has 94 valence electrons. The van der Waals surface area contributed by atoms with Gasteiger partial charge in [0.1, 0.15) is 0 Å². The molecule has 0 fully saturated rings. The lowest BCUT2D eigenvalue weighted by atomic mass is 10.00. The van der Waals surface area contributed by atoms with E-state index in [1.807, 2.05) is 6.07 Å². The largest absolute Gasteiger partial charge is 0.469 e. The number of nitrogens with two attached hydrogens (primary N) is 1. The number of esters is 1. The zero-order valence-electron chi connectivity index (χ0n) is 9.94. The summed E-state index contributed by atoms with van der Waals surface area (Å²) in [7, 11) is 1.39.